The number of hydrogen-bond acceptors (Lipinski definition) is 5. The predicted molar refractivity (Wildman–Crippen MR) is 83.9 cm³/mol. The molecule has 0 aromatic heterocycles. The van der Waals surface area contributed by atoms with Gasteiger partial charge in [0.1, 0.15) is 5.75 Å². The van der Waals surface area contributed by atoms with Gasteiger partial charge in [-0.3, -0.25) is 0 Å². The minimum Gasteiger partial charge on any atom is -0.496 e. The van der Waals surface area contributed by atoms with Crippen LogP contribution < -0.4 is 9.64 Å². The van der Waals surface area contributed by atoms with Crippen molar-refractivity contribution >= 4 is 5.69 Å². The second-order valence-electron chi connectivity index (χ2n) is 6.03. The van der Waals surface area contributed by atoms with E-state index in [0.29, 0.717) is 12.3 Å². The van der Waals surface area contributed by atoms with Gasteiger partial charge in [-0.25, -0.2) is 0 Å². The molecular weight excluding hydrogens is 268 g/mol. The third kappa shape index (κ3) is 3.48. The van der Waals surface area contributed by atoms with Crippen LogP contribution >= 0.6 is 0 Å². The van der Waals surface area contributed by atoms with E-state index in [1.165, 1.54) is 0 Å². The highest BCUT2D eigenvalue weighted by Crippen LogP contribution is 2.37. The quantitative estimate of drug-likeness (QED) is 0.856. The number of nitrogens with zero attached hydrogens (tertiary/aromatic N) is 2. The summed E-state index contributed by atoms with van der Waals surface area (Å²) < 4.78 is 5.39. The average molecular weight is 294 g/mol. The predicted octanol–water partition coefficient (Wildman–Crippen LogP) is 1.25. The lowest BCUT2D eigenvalue weighted by Crippen LogP contribution is -2.38. The van der Waals surface area contributed by atoms with E-state index in [9.17, 15) is 10.2 Å². The van der Waals surface area contributed by atoms with E-state index in [4.69, 9.17) is 4.74 Å². The smallest absolute Gasteiger partial charge is 0.126 e. The zero-order valence-corrected chi connectivity index (χ0v) is 13.3. The molecule has 0 bridgehead atoms. The van der Waals surface area contributed by atoms with Crippen LogP contribution in [-0.4, -0.2) is 61.6 Å². The fraction of sp³-hybridized carbons (Fsp3) is 0.625. The average Bonchev–Trinajstić information content (AvgIpc) is 2.77. The first-order valence-corrected chi connectivity index (χ1v) is 7.38. The first-order chi connectivity index (χ1) is 9.93. The maximum atomic E-state index is 10.1. The SMILES string of the molecule is COc1cccc(N2CC(O)CC2CN(C)C)c1[C@@H](C)O. The van der Waals surface area contributed by atoms with Gasteiger partial charge in [-0.2, -0.15) is 0 Å². The molecular formula is C16H26N2O3. The standard InChI is InChI=1S/C16H26N2O3/c1-11(19)16-14(6-5-7-15(16)21-4)18-10-13(20)8-12(18)9-17(2)3/h5-7,11-13,19-20H,8-10H2,1-4H3/t11-,12?,13?/m1/s1. The Morgan fingerprint density at radius 1 is 1.43 bits per heavy atom. The lowest BCUT2D eigenvalue weighted by Gasteiger charge is -2.31. The van der Waals surface area contributed by atoms with Crippen molar-refractivity contribution in [2.75, 3.05) is 39.2 Å². The molecule has 1 saturated heterocycles. The van der Waals surface area contributed by atoms with Gasteiger partial charge in [-0.15, -0.1) is 0 Å². The summed E-state index contributed by atoms with van der Waals surface area (Å²) in [5.41, 5.74) is 1.74. The van der Waals surface area contributed by atoms with Gasteiger partial charge in [0.05, 0.1) is 19.3 Å². The summed E-state index contributed by atoms with van der Waals surface area (Å²) >= 11 is 0. The van der Waals surface area contributed by atoms with E-state index in [2.05, 4.69) is 9.80 Å². The minimum atomic E-state index is -0.617. The molecule has 118 valence electrons. The zero-order chi connectivity index (χ0) is 15.6. The highest BCUT2D eigenvalue weighted by Gasteiger charge is 2.33. The minimum absolute atomic E-state index is 0.236. The fourth-order valence-electron chi connectivity index (χ4n) is 3.16. The van der Waals surface area contributed by atoms with Gasteiger partial charge in [-0.1, -0.05) is 6.07 Å². The van der Waals surface area contributed by atoms with Gasteiger partial charge in [0.15, 0.2) is 0 Å². The van der Waals surface area contributed by atoms with E-state index < -0.39 is 6.10 Å². The molecule has 1 aliphatic rings. The van der Waals surface area contributed by atoms with Crippen LogP contribution in [-0.2, 0) is 0 Å². The number of anilines is 1. The third-order valence-corrected chi connectivity index (χ3v) is 3.96. The maximum absolute atomic E-state index is 10.1. The molecule has 5 heteroatoms. The molecule has 0 saturated carbocycles. The van der Waals surface area contributed by atoms with Crippen molar-refractivity contribution in [3.8, 4) is 5.75 Å². The number of aliphatic hydroxyl groups excluding tert-OH is 2. The number of β-amino-alcohol motifs (C(OH)–C–C–N with tert-alkyl or cyclic N) is 1. The molecule has 21 heavy (non-hydrogen) atoms. The van der Waals surface area contributed by atoms with Gasteiger partial charge in [0.25, 0.3) is 0 Å². The molecule has 1 fully saturated rings. The van der Waals surface area contributed by atoms with Crippen LogP contribution in [0.2, 0.25) is 0 Å². The number of aliphatic hydroxyl groups is 2. The second kappa shape index (κ2) is 6.64. The number of methoxy groups -OCH3 is 1. The molecule has 1 heterocycles. The van der Waals surface area contributed by atoms with Crippen molar-refractivity contribution in [1.82, 2.24) is 4.90 Å². The second-order valence-corrected chi connectivity index (χ2v) is 6.03. The van der Waals surface area contributed by atoms with Crippen molar-refractivity contribution in [3.05, 3.63) is 23.8 Å². The molecule has 3 atom stereocenters. The monoisotopic (exact) mass is 294 g/mol. The maximum Gasteiger partial charge on any atom is 0.126 e. The Balaban J connectivity index is 2.39. The van der Waals surface area contributed by atoms with E-state index in [1.807, 2.05) is 32.3 Å². The van der Waals surface area contributed by atoms with Crippen LogP contribution in [0.1, 0.15) is 25.0 Å². The lowest BCUT2D eigenvalue weighted by atomic mass is 10.0. The summed E-state index contributed by atoms with van der Waals surface area (Å²) in [7, 11) is 5.68. The molecule has 0 spiro atoms. The van der Waals surface area contributed by atoms with Crippen molar-refractivity contribution in [2.24, 2.45) is 0 Å². The normalized spacial score (nSPS) is 23.7. The molecule has 0 amide bonds. The highest BCUT2D eigenvalue weighted by atomic mass is 16.5. The van der Waals surface area contributed by atoms with Crippen LogP contribution in [0.3, 0.4) is 0 Å². The molecule has 2 rings (SSSR count). The Morgan fingerprint density at radius 2 is 2.14 bits per heavy atom. The molecule has 2 N–H and O–H groups in total. The Kier molecular flexibility index (Phi) is 5.08. The first kappa shape index (κ1) is 16.1. The molecule has 1 aromatic carbocycles. The highest BCUT2D eigenvalue weighted by molar-refractivity contribution is 5.61. The van der Waals surface area contributed by atoms with Gasteiger partial charge < -0.3 is 24.7 Å². The van der Waals surface area contributed by atoms with E-state index in [0.717, 1.165) is 24.2 Å². The number of rotatable bonds is 5. The summed E-state index contributed by atoms with van der Waals surface area (Å²) in [6, 6.07) is 6.02. The van der Waals surface area contributed by atoms with Gasteiger partial charge in [-0.05, 0) is 39.6 Å². The van der Waals surface area contributed by atoms with Gasteiger partial charge in [0, 0.05) is 30.4 Å². The van der Waals surface area contributed by atoms with Crippen LogP contribution in [0, 0.1) is 0 Å². The van der Waals surface area contributed by atoms with Gasteiger partial charge in [0.2, 0.25) is 0 Å². The van der Waals surface area contributed by atoms with E-state index >= 15 is 0 Å². The van der Waals surface area contributed by atoms with E-state index in [-0.39, 0.29) is 12.1 Å². The first-order valence-electron chi connectivity index (χ1n) is 7.38. The van der Waals surface area contributed by atoms with Crippen LogP contribution in [0.15, 0.2) is 18.2 Å². The largest absolute Gasteiger partial charge is 0.496 e. The van der Waals surface area contributed by atoms with Crippen LogP contribution in [0.5, 0.6) is 5.75 Å². The summed E-state index contributed by atoms with van der Waals surface area (Å²) in [4.78, 5) is 4.31. The number of ether oxygens (including phenoxy) is 1. The molecule has 5 nitrogen and oxygen atoms in total. The van der Waals surface area contributed by atoms with Crippen molar-refractivity contribution in [3.63, 3.8) is 0 Å². The molecule has 0 aliphatic carbocycles. The fourth-order valence-corrected chi connectivity index (χ4v) is 3.16. The zero-order valence-electron chi connectivity index (χ0n) is 13.3. The Bertz CT molecular complexity index is 477. The van der Waals surface area contributed by atoms with Crippen molar-refractivity contribution < 1.29 is 14.9 Å². The molecule has 1 aliphatic heterocycles. The lowest BCUT2D eigenvalue weighted by molar-refractivity contribution is 0.190. The molecule has 2 unspecified atom stereocenters. The summed E-state index contributed by atoms with van der Waals surface area (Å²) in [6.45, 7) is 3.20. The topological polar surface area (TPSA) is 56.2 Å². The summed E-state index contributed by atoms with van der Waals surface area (Å²) in [5, 5.41) is 20.2. The van der Waals surface area contributed by atoms with Crippen molar-refractivity contribution in [1.29, 1.82) is 0 Å². The van der Waals surface area contributed by atoms with Crippen LogP contribution in [0.25, 0.3) is 0 Å². The Labute approximate surface area is 126 Å². The van der Waals surface area contributed by atoms with Gasteiger partial charge >= 0.3 is 0 Å². The Morgan fingerprint density at radius 3 is 2.71 bits per heavy atom. The summed E-state index contributed by atoms with van der Waals surface area (Å²) in [5.74, 6) is 0.687. The van der Waals surface area contributed by atoms with Crippen LogP contribution in [0.4, 0.5) is 5.69 Å². The number of benzene rings is 1. The molecule has 1 aromatic rings. The van der Waals surface area contributed by atoms with Crippen molar-refractivity contribution in [2.45, 2.75) is 31.6 Å². The third-order valence-electron chi connectivity index (χ3n) is 3.96. The van der Waals surface area contributed by atoms with E-state index in [1.54, 1.807) is 14.0 Å². The Hall–Kier alpha value is -1.30. The number of hydrogen-bond donors (Lipinski definition) is 2. The summed E-state index contributed by atoms with van der Waals surface area (Å²) in [6.07, 6.45) is -0.203. The molecule has 0 radical (unpaired) electrons. The number of likely N-dealkylation sites (N-methyl/N-ethyl adjacent to an activating group) is 1.